The molecular formula is C72H113N3O16. The van der Waals surface area contributed by atoms with E-state index in [4.69, 9.17) is 10.8 Å². The molecule has 0 aliphatic heterocycles. The van der Waals surface area contributed by atoms with Crippen LogP contribution in [0.1, 0.15) is 157 Å². The van der Waals surface area contributed by atoms with E-state index in [1.165, 1.54) is 49.8 Å². The fraction of sp³-hybridized carbons (Fsp3) is 0.583. The minimum Gasteiger partial charge on any atom is -0.478 e. The number of aliphatic hydroxyl groups is 12. The third-order valence-corrected chi connectivity index (χ3v) is 15.9. The van der Waals surface area contributed by atoms with Crippen molar-refractivity contribution in [3.63, 3.8) is 0 Å². The number of nitrogens with two attached hydrogens (primary N) is 1. The molecule has 0 heterocycles. The van der Waals surface area contributed by atoms with Crippen molar-refractivity contribution in [1.82, 2.24) is 5.32 Å². The summed E-state index contributed by atoms with van der Waals surface area (Å²) in [5.41, 5.74) is 6.14. The number of allylic oxidation sites excluding steroid dienone is 16. The predicted molar refractivity (Wildman–Crippen MR) is 361 cm³/mol. The molecule has 16 N–H and O–H groups in total. The van der Waals surface area contributed by atoms with Gasteiger partial charge in [0.05, 0.1) is 73.2 Å². The maximum absolute atomic E-state index is 12.8. The number of hydrogen-bond donors (Lipinski definition) is 15. The van der Waals surface area contributed by atoms with Gasteiger partial charge in [-0.15, -0.1) is 0 Å². The van der Waals surface area contributed by atoms with E-state index in [-0.39, 0.29) is 93.3 Å². The predicted octanol–water partition coefficient (Wildman–Crippen LogP) is 7.61. The summed E-state index contributed by atoms with van der Waals surface area (Å²) in [4.78, 5) is 40.1. The fourth-order valence-electron chi connectivity index (χ4n) is 9.97. The van der Waals surface area contributed by atoms with E-state index >= 15 is 0 Å². The maximum Gasteiger partial charge on any atom is 0.331 e. The number of Topliss-reactive ketones (excluding diaryl/α,β-unsaturated/α-hetero) is 1. The van der Waals surface area contributed by atoms with E-state index in [1.807, 2.05) is 55.5 Å². The molecule has 512 valence electrons. The number of aliphatic hydroxyl groups excluding tert-OH is 12. The molecule has 1 aliphatic rings. The van der Waals surface area contributed by atoms with Crippen LogP contribution in [0, 0.1) is 29.6 Å². The molecule has 17 unspecified atom stereocenters. The normalized spacial score (nSPS) is 21.2. The Balaban J connectivity index is 2.29. The highest BCUT2D eigenvalue weighted by atomic mass is 16.4. The van der Waals surface area contributed by atoms with E-state index in [0.29, 0.717) is 37.6 Å². The fourth-order valence-corrected chi connectivity index (χ4v) is 9.97. The summed E-state index contributed by atoms with van der Waals surface area (Å²) in [6.07, 6.45) is 38.7. The number of carboxylic acid groups (broad SMARTS) is 1. The van der Waals surface area contributed by atoms with Crippen molar-refractivity contribution in [3.05, 3.63) is 157 Å². The number of amides is 1. The molecule has 1 fully saturated rings. The van der Waals surface area contributed by atoms with Crippen LogP contribution >= 0.6 is 0 Å². The standard InChI is InChI=1S/C72H113N3O16/c1-51-30-24-25-33-56(51)44-69(88)75-72(73)74-43-29-40-63(82)46-59(78)35-26-34-57(76)45-58(77)36-27-37-60(79)47-64(83)48-61(80)38-28-39-62(81)49-65(84)50-68(87)54(4)66(85)41-22-18-14-9-7-6-8-10-15-19-23-42-67(86)55(5)70(89)52(2)31-20-16-12-11-13-17-21-32-53(3)71(90)91/h6-11,13-15,17-23,26-28,31-32,34,37,39,42,51-52,54-67,70,76-86,89H,12,16,24-25,29-30,33,35-36,38,40-41,43-50H2,1-5H3,(H,90,91)(H3,73,74,75,88)/b7-6+,10-8+,13-11+,14-9+,19-15+,21-17+,22-18+,31-20+,34-26+,37-27+,39-28+,42-23+,53-32+. The van der Waals surface area contributed by atoms with E-state index in [9.17, 15) is 75.7 Å². The molecular weight excluding hydrogens is 1160 g/mol. The second-order valence-corrected chi connectivity index (χ2v) is 24.3. The van der Waals surface area contributed by atoms with Crippen LogP contribution in [0.4, 0.5) is 0 Å². The van der Waals surface area contributed by atoms with Gasteiger partial charge in [0.1, 0.15) is 5.78 Å². The Kier molecular flexibility index (Phi) is 46.4. The first kappa shape index (κ1) is 83.2. The van der Waals surface area contributed by atoms with Crippen LogP contribution in [0.5, 0.6) is 0 Å². The number of carbonyl (C=O) groups is 3. The van der Waals surface area contributed by atoms with Crippen molar-refractivity contribution >= 4 is 23.6 Å². The second kappa shape index (κ2) is 50.7. The molecule has 91 heavy (non-hydrogen) atoms. The van der Waals surface area contributed by atoms with E-state index < -0.39 is 91.1 Å². The first-order valence-corrected chi connectivity index (χ1v) is 32.5. The number of unbranched alkanes of at least 4 members (excludes halogenated alkanes) is 1. The summed E-state index contributed by atoms with van der Waals surface area (Å²) < 4.78 is 0. The summed E-state index contributed by atoms with van der Waals surface area (Å²) in [6.45, 7) is 9.30. The van der Waals surface area contributed by atoms with Gasteiger partial charge < -0.3 is 72.1 Å². The number of hydrogen-bond acceptors (Lipinski definition) is 16. The molecule has 0 aromatic carbocycles. The van der Waals surface area contributed by atoms with E-state index in [1.54, 1.807) is 80.7 Å². The smallest absolute Gasteiger partial charge is 0.331 e. The Bertz CT molecular complexity index is 2460. The minimum absolute atomic E-state index is 0.0112. The Labute approximate surface area is 541 Å². The monoisotopic (exact) mass is 1280 g/mol. The van der Waals surface area contributed by atoms with Crippen molar-refractivity contribution in [2.24, 2.45) is 40.3 Å². The zero-order chi connectivity index (χ0) is 67.9. The highest BCUT2D eigenvalue weighted by Crippen LogP contribution is 2.32. The van der Waals surface area contributed by atoms with Gasteiger partial charge in [-0.25, -0.2) is 4.79 Å². The summed E-state index contributed by atoms with van der Waals surface area (Å²) in [7, 11) is 0. The van der Waals surface area contributed by atoms with Gasteiger partial charge in [0.25, 0.3) is 0 Å². The maximum atomic E-state index is 12.8. The van der Waals surface area contributed by atoms with E-state index in [2.05, 4.69) is 17.2 Å². The molecule has 0 aromatic rings. The SMILES string of the molecule is C\C(=C/C=C/C=C/CC/C=C/C(C)C(O)C(C)C(O)/C=C/C=C/C=C/C=C/C=C/C=C/CC(O)C(C)C(=O)CC(O)CC(O)/C=C/CC(O)CC(O)CC(O)/C=C/CC(O)CC(O)/C=C/CC(O)CC(O)CCCN=C(N)NC(=O)CC1CCCCC1C)C(=O)O. The van der Waals surface area contributed by atoms with Crippen molar-refractivity contribution in [3.8, 4) is 0 Å². The molecule has 0 saturated heterocycles. The molecule has 0 aromatic heterocycles. The zero-order valence-corrected chi connectivity index (χ0v) is 54.5. The number of carbonyl (C=O) groups excluding carboxylic acids is 2. The van der Waals surface area contributed by atoms with Crippen molar-refractivity contribution in [1.29, 1.82) is 0 Å². The average molecular weight is 1280 g/mol. The van der Waals surface area contributed by atoms with Crippen molar-refractivity contribution in [2.75, 3.05) is 6.54 Å². The molecule has 0 radical (unpaired) electrons. The Hall–Kier alpha value is -5.78. The zero-order valence-electron chi connectivity index (χ0n) is 54.5. The number of aliphatic imine (C=N–C) groups is 1. The van der Waals surface area contributed by atoms with Gasteiger partial charge >= 0.3 is 5.97 Å². The lowest BCUT2D eigenvalue weighted by Gasteiger charge is -2.28. The lowest BCUT2D eigenvalue weighted by Crippen LogP contribution is -2.38. The number of aliphatic carboxylic acids is 1. The van der Waals surface area contributed by atoms with Crippen LogP contribution in [0.2, 0.25) is 0 Å². The van der Waals surface area contributed by atoms with Crippen LogP contribution in [0.25, 0.3) is 0 Å². The number of guanidine groups is 1. The highest BCUT2D eigenvalue weighted by Gasteiger charge is 2.27. The van der Waals surface area contributed by atoms with Crippen LogP contribution in [-0.2, 0) is 14.4 Å². The average Bonchev–Trinajstić information content (AvgIpc) is 3.04. The van der Waals surface area contributed by atoms with Gasteiger partial charge in [-0.05, 0) is 89.4 Å². The lowest BCUT2D eigenvalue weighted by atomic mass is 9.78. The van der Waals surface area contributed by atoms with Crippen molar-refractivity contribution in [2.45, 2.75) is 230 Å². The van der Waals surface area contributed by atoms with Crippen LogP contribution in [0.15, 0.2) is 162 Å². The highest BCUT2D eigenvalue weighted by molar-refractivity contribution is 5.96. The Morgan fingerprint density at radius 2 is 1.04 bits per heavy atom. The number of nitrogens with zero attached hydrogens (tertiary/aromatic N) is 1. The van der Waals surface area contributed by atoms with Gasteiger partial charge in [-0.1, -0.05) is 199 Å². The lowest BCUT2D eigenvalue weighted by molar-refractivity contribution is -0.132. The Morgan fingerprint density at radius 1 is 0.549 bits per heavy atom. The summed E-state index contributed by atoms with van der Waals surface area (Å²) in [5, 5.41) is 137. The second-order valence-electron chi connectivity index (χ2n) is 24.3. The number of ketones is 1. The largest absolute Gasteiger partial charge is 0.478 e. The molecule has 1 amide bonds. The topological polar surface area (TPSA) is 365 Å². The number of carboxylic acids is 1. The summed E-state index contributed by atoms with van der Waals surface area (Å²) in [6, 6.07) is 0. The molecule has 1 saturated carbocycles. The van der Waals surface area contributed by atoms with Crippen LogP contribution in [0.3, 0.4) is 0 Å². The van der Waals surface area contributed by atoms with Gasteiger partial charge in [0, 0.05) is 62.0 Å². The molecule has 0 bridgehead atoms. The molecule has 1 aliphatic carbocycles. The third-order valence-electron chi connectivity index (χ3n) is 15.9. The first-order valence-electron chi connectivity index (χ1n) is 32.5. The van der Waals surface area contributed by atoms with Crippen molar-refractivity contribution < 1.29 is 80.8 Å². The molecule has 0 spiro atoms. The van der Waals surface area contributed by atoms with E-state index in [0.717, 1.165) is 32.1 Å². The molecule has 1 rings (SSSR count). The Morgan fingerprint density at radius 3 is 1.63 bits per heavy atom. The van der Waals surface area contributed by atoms with Crippen LogP contribution in [-0.4, -0.2) is 170 Å². The first-order chi connectivity index (χ1) is 43.3. The quantitative estimate of drug-likeness (QED) is 0.00696. The van der Waals surface area contributed by atoms with Crippen LogP contribution < -0.4 is 11.1 Å². The number of rotatable bonds is 47. The molecule has 19 heteroatoms. The molecule has 17 atom stereocenters. The summed E-state index contributed by atoms with van der Waals surface area (Å²) >= 11 is 0. The summed E-state index contributed by atoms with van der Waals surface area (Å²) in [5.74, 6) is -1.83. The minimum atomic E-state index is -1.18. The molecule has 19 nitrogen and oxygen atoms in total. The number of nitrogens with one attached hydrogen (secondary N) is 1. The van der Waals surface area contributed by atoms with Gasteiger partial charge in [-0.3, -0.25) is 19.9 Å². The third kappa shape index (κ3) is 43.6. The van der Waals surface area contributed by atoms with Gasteiger partial charge in [0.15, 0.2) is 5.96 Å². The van der Waals surface area contributed by atoms with Gasteiger partial charge in [0.2, 0.25) is 5.91 Å². The van der Waals surface area contributed by atoms with Gasteiger partial charge in [-0.2, -0.15) is 0 Å².